The highest BCUT2D eigenvalue weighted by molar-refractivity contribution is 14.1. The molecule has 0 radical (unpaired) electrons. The SMILES string of the molecule is CC(I)N1C[C@@H]2[C@H](C1)C2(F)F. The van der Waals surface area contributed by atoms with Crippen molar-refractivity contribution in [3.05, 3.63) is 0 Å². The van der Waals surface area contributed by atoms with E-state index >= 15 is 0 Å². The monoisotopic (exact) mass is 273 g/mol. The predicted octanol–water partition coefficient (Wildman–Crippen LogP) is 1.96. The molecule has 0 N–H and O–H groups in total. The van der Waals surface area contributed by atoms with Gasteiger partial charge in [-0.15, -0.1) is 0 Å². The second-order valence-electron chi connectivity index (χ2n) is 3.42. The van der Waals surface area contributed by atoms with Gasteiger partial charge < -0.3 is 0 Å². The first-order valence-electron chi connectivity index (χ1n) is 3.79. The largest absolute Gasteiger partial charge is 0.291 e. The summed E-state index contributed by atoms with van der Waals surface area (Å²) < 4.78 is 25.7. The van der Waals surface area contributed by atoms with Gasteiger partial charge in [-0.05, 0) is 6.92 Å². The van der Waals surface area contributed by atoms with Gasteiger partial charge in [-0.2, -0.15) is 0 Å². The number of piperidine rings is 1. The maximum absolute atomic E-state index is 12.6. The summed E-state index contributed by atoms with van der Waals surface area (Å²) in [5.74, 6) is -2.96. The van der Waals surface area contributed by atoms with Crippen LogP contribution in [0.5, 0.6) is 0 Å². The number of likely N-dealkylation sites (tertiary alicyclic amines) is 1. The molecule has 0 aromatic heterocycles. The van der Waals surface area contributed by atoms with Gasteiger partial charge in [-0.3, -0.25) is 4.90 Å². The van der Waals surface area contributed by atoms with Crippen molar-refractivity contribution < 1.29 is 8.78 Å². The number of nitrogens with zero attached hydrogens (tertiary/aromatic N) is 1. The molecule has 0 aromatic carbocycles. The molecule has 1 unspecified atom stereocenters. The number of halogens is 3. The van der Waals surface area contributed by atoms with E-state index < -0.39 is 5.92 Å². The van der Waals surface area contributed by atoms with Crippen LogP contribution in [0.2, 0.25) is 0 Å². The van der Waals surface area contributed by atoms with Gasteiger partial charge in [0.15, 0.2) is 0 Å². The molecule has 0 bridgehead atoms. The second-order valence-corrected chi connectivity index (χ2v) is 5.22. The first kappa shape index (κ1) is 8.16. The van der Waals surface area contributed by atoms with E-state index in [0.717, 1.165) is 0 Å². The molecule has 1 aliphatic heterocycles. The normalized spacial score (nSPS) is 43.6. The molecule has 1 heterocycles. The lowest BCUT2D eigenvalue weighted by Crippen LogP contribution is -2.31. The highest BCUT2D eigenvalue weighted by Gasteiger charge is 2.71. The maximum Gasteiger partial charge on any atom is 0.257 e. The zero-order valence-corrected chi connectivity index (χ0v) is 8.38. The van der Waals surface area contributed by atoms with E-state index in [1.165, 1.54) is 0 Å². The van der Waals surface area contributed by atoms with Crippen molar-refractivity contribution in [3.63, 3.8) is 0 Å². The fraction of sp³-hybridized carbons (Fsp3) is 1.00. The Hall–Kier alpha value is 0.550. The van der Waals surface area contributed by atoms with Crippen molar-refractivity contribution >= 4 is 22.6 Å². The lowest BCUT2D eigenvalue weighted by molar-refractivity contribution is 0.0533. The summed E-state index contributed by atoms with van der Waals surface area (Å²) in [5.41, 5.74) is 0. The van der Waals surface area contributed by atoms with Crippen molar-refractivity contribution in [1.29, 1.82) is 0 Å². The van der Waals surface area contributed by atoms with E-state index in [-0.39, 0.29) is 11.8 Å². The molecule has 2 rings (SSSR count). The van der Waals surface area contributed by atoms with Crippen molar-refractivity contribution in [2.45, 2.75) is 16.9 Å². The lowest BCUT2D eigenvalue weighted by atomic mass is 10.4. The minimum Gasteiger partial charge on any atom is -0.291 e. The number of hydrogen-bond acceptors (Lipinski definition) is 1. The quantitative estimate of drug-likeness (QED) is 0.401. The van der Waals surface area contributed by atoms with E-state index in [2.05, 4.69) is 27.5 Å². The van der Waals surface area contributed by atoms with Crippen LogP contribution in [0, 0.1) is 11.8 Å². The van der Waals surface area contributed by atoms with E-state index in [1.807, 2.05) is 6.92 Å². The third-order valence-electron chi connectivity index (χ3n) is 2.73. The highest BCUT2D eigenvalue weighted by Crippen LogP contribution is 2.59. The minimum atomic E-state index is -2.32. The van der Waals surface area contributed by atoms with E-state index in [9.17, 15) is 8.78 Å². The average Bonchev–Trinajstić information content (AvgIpc) is 2.28. The first-order valence-corrected chi connectivity index (χ1v) is 5.04. The molecule has 3 atom stereocenters. The van der Waals surface area contributed by atoms with Crippen LogP contribution < -0.4 is 0 Å². The summed E-state index contributed by atoms with van der Waals surface area (Å²) in [6.07, 6.45) is 0. The Kier molecular flexibility index (Phi) is 1.69. The number of fused-ring (bicyclic) bond motifs is 1. The van der Waals surface area contributed by atoms with Gasteiger partial charge >= 0.3 is 0 Å². The van der Waals surface area contributed by atoms with Crippen molar-refractivity contribution in [3.8, 4) is 0 Å². The van der Waals surface area contributed by atoms with Gasteiger partial charge in [-0.25, -0.2) is 8.78 Å². The number of hydrogen-bond donors (Lipinski definition) is 0. The molecular formula is C7H10F2IN. The lowest BCUT2D eigenvalue weighted by Gasteiger charge is -2.21. The molecule has 0 spiro atoms. The van der Waals surface area contributed by atoms with Crippen LogP contribution in [-0.2, 0) is 0 Å². The van der Waals surface area contributed by atoms with Gasteiger partial charge in [0.05, 0.1) is 4.05 Å². The molecule has 0 aromatic rings. The van der Waals surface area contributed by atoms with Gasteiger partial charge in [-0.1, -0.05) is 22.6 Å². The van der Waals surface area contributed by atoms with Crippen LogP contribution in [0.3, 0.4) is 0 Å². The Morgan fingerprint density at radius 3 is 2.27 bits per heavy atom. The van der Waals surface area contributed by atoms with Gasteiger partial charge in [0, 0.05) is 24.9 Å². The molecule has 11 heavy (non-hydrogen) atoms. The van der Waals surface area contributed by atoms with Crippen molar-refractivity contribution in [1.82, 2.24) is 4.90 Å². The molecular weight excluding hydrogens is 263 g/mol. The Morgan fingerprint density at radius 1 is 1.45 bits per heavy atom. The first-order chi connectivity index (χ1) is 5.03. The molecule has 2 fully saturated rings. The molecule has 64 valence electrons. The minimum absolute atomic E-state index is 0.320. The van der Waals surface area contributed by atoms with Crippen LogP contribution in [-0.4, -0.2) is 28.0 Å². The van der Waals surface area contributed by atoms with Crippen LogP contribution in [0.25, 0.3) is 0 Å². The predicted molar refractivity (Wildman–Crippen MR) is 47.0 cm³/mol. The summed E-state index contributed by atoms with van der Waals surface area (Å²) in [6.45, 7) is 3.24. The molecule has 4 heteroatoms. The smallest absolute Gasteiger partial charge is 0.257 e. The second kappa shape index (κ2) is 2.28. The zero-order chi connectivity index (χ0) is 8.22. The van der Waals surface area contributed by atoms with Crippen LogP contribution in [0.1, 0.15) is 6.92 Å². The molecule has 2 aliphatic rings. The van der Waals surface area contributed by atoms with Gasteiger partial charge in [0.1, 0.15) is 0 Å². The Bertz CT molecular complexity index is 169. The standard InChI is InChI=1S/C7H10F2IN/c1-4(10)11-2-5-6(3-11)7(5,8)9/h4-6H,2-3H2,1H3/t4?,5-,6+. The average molecular weight is 273 g/mol. The summed E-state index contributed by atoms with van der Waals surface area (Å²) in [7, 11) is 0. The fourth-order valence-corrected chi connectivity index (χ4v) is 2.28. The maximum atomic E-state index is 12.6. The van der Waals surface area contributed by atoms with Crippen molar-refractivity contribution in [2.75, 3.05) is 13.1 Å². The molecule has 1 saturated heterocycles. The van der Waals surface area contributed by atoms with Gasteiger partial charge in [0.2, 0.25) is 0 Å². The summed E-state index contributed by atoms with van der Waals surface area (Å²) in [6, 6.07) is 0. The third-order valence-corrected chi connectivity index (χ3v) is 3.52. The summed E-state index contributed by atoms with van der Waals surface area (Å²) >= 11 is 2.27. The Morgan fingerprint density at radius 2 is 1.91 bits per heavy atom. The molecule has 1 aliphatic carbocycles. The Labute approximate surface area is 78.3 Å². The topological polar surface area (TPSA) is 3.24 Å². The van der Waals surface area contributed by atoms with Crippen LogP contribution >= 0.6 is 22.6 Å². The van der Waals surface area contributed by atoms with Crippen LogP contribution in [0.15, 0.2) is 0 Å². The van der Waals surface area contributed by atoms with Gasteiger partial charge in [0.25, 0.3) is 5.92 Å². The summed E-state index contributed by atoms with van der Waals surface area (Å²) in [4.78, 5) is 2.12. The third kappa shape index (κ3) is 1.09. The van der Waals surface area contributed by atoms with Crippen LogP contribution in [0.4, 0.5) is 8.78 Å². The fourth-order valence-electron chi connectivity index (χ4n) is 1.83. The number of alkyl halides is 3. The zero-order valence-electron chi connectivity index (χ0n) is 6.23. The highest BCUT2D eigenvalue weighted by atomic mass is 127. The van der Waals surface area contributed by atoms with E-state index in [4.69, 9.17) is 0 Å². The number of rotatable bonds is 1. The summed E-state index contributed by atoms with van der Waals surface area (Å²) in [5, 5.41) is 0. The molecule has 0 amide bonds. The molecule has 1 nitrogen and oxygen atoms in total. The van der Waals surface area contributed by atoms with Crippen molar-refractivity contribution in [2.24, 2.45) is 11.8 Å². The Balaban J connectivity index is 1.95. The molecule has 1 saturated carbocycles. The van der Waals surface area contributed by atoms with E-state index in [1.54, 1.807) is 0 Å². The van der Waals surface area contributed by atoms with E-state index in [0.29, 0.717) is 17.1 Å².